The molecule has 0 atom stereocenters. The molecule has 0 saturated heterocycles. The Labute approximate surface area is 87.8 Å². The first-order valence-electron chi connectivity index (χ1n) is 4.58. The Kier molecular flexibility index (Phi) is 3.01. The first kappa shape index (κ1) is 9.49. The van der Waals surface area contributed by atoms with Crippen LogP contribution >= 0.6 is 11.3 Å². The third-order valence-electron chi connectivity index (χ3n) is 2.01. The van der Waals surface area contributed by atoms with Crippen LogP contribution < -0.4 is 0 Å². The topological polar surface area (TPSA) is 16.4 Å². The van der Waals surface area contributed by atoms with Crippen LogP contribution in [0.1, 0.15) is 10.6 Å². The summed E-state index contributed by atoms with van der Waals surface area (Å²) in [6.45, 7) is 1.85. The van der Waals surface area contributed by atoms with E-state index in [1.54, 1.807) is 17.6 Å². The SMILES string of the molecule is CN(Cc1ccco1)Cc1cccs1. The van der Waals surface area contributed by atoms with Gasteiger partial charge in [0.15, 0.2) is 0 Å². The molecule has 0 N–H and O–H groups in total. The van der Waals surface area contributed by atoms with Crippen LogP contribution in [0.4, 0.5) is 0 Å². The monoisotopic (exact) mass is 207 g/mol. The molecule has 0 spiro atoms. The van der Waals surface area contributed by atoms with E-state index in [0.717, 1.165) is 18.8 Å². The molecule has 2 heterocycles. The maximum atomic E-state index is 5.29. The van der Waals surface area contributed by atoms with Gasteiger partial charge in [0, 0.05) is 11.4 Å². The zero-order chi connectivity index (χ0) is 9.80. The molecule has 0 aromatic carbocycles. The van der Waals surface area contributed by atoms with E-state index in [9.17, 15) is 0 Å². The fourth-order valence-corrected chi connectivity index (χ4v) is 2.18. The highest BCUT2D eigenvalue weighted by molar-refractivity contribution is 7.09. The maximum Gasteiger partial charge on any atom is 0.117 e. The number of rotatable bonds is 4. The molecule has 2 rings (SSSR count). The lowest BCUT2D eigenvalue weighted by atomic mass is 10.4. The Morgan fingerprint density at radius 2 is 2.21 bits per heavy atom. The molecular weight excluding hydrogens is 194 g/mol. The average Bonchev–Trinajstić information content (AvgIpc) is 2.76. The van der Waals surface area contributed by atoms with Gasteiger partial charge < -0.3 is 4.42 Å². The lowest BCUT2D eigenvalue weighted by Gasteiger charge is -2.13. The van der Waals surface area contributed by atoms with Crippen molar-refractivity contribution in [2.24, 2.45) is 0 Å². The van der Waals surface area contributed by atoms with E-state index in [1.807, 2.05) is 12.1 Å². The van der Waals surface area contributed by atoms with Crippen LogP contribution in [-0.4, -0.2) is 11.9 Å². The van der Waals surface area contributed by atoms with Crippen molar-refractivity contribution in [3.05, 3.63) is 46.5 Å². The van der Waals surface area contributed by atoms with Gasteiger partial charge in [-0.05, 0) is 30.6 Å². The predicted octanol–water partition coefficient (Wildman–Crippen LogP) is 2.97. The Morgan fingerprint density at radius 1 is 1.29 bits per heavy atom. The van der Waals surface area contributed by atoms with Crippen LogP contribution in [0.3, 0.4) is 0 Å². The van der Waals surface area contributed by atoms with Gasteiger partial charge in [-0.1, -0.05) is 6.07 Å². The molecule has 0 aliphatic rings. The van der Waals surface area contributed by atoms with Crippen molar-refractivity contribution in [2.75, 3.05) is 7.05 Å². The van der Waals surface area contributed by atoms with Crippen molar-refractivity contribution in [3.8, 4) is 0 Å². The smallest absolute Gasteiger partial charge is 0.117 e. The number of nitrogens with zero attached hydrogens (tertiary/aromatic N) is 1. The zero-order valence-electron chi connectivity index (χ0n) is 8.14. The van der Waals surface area contributed by atoms with Gasteiger partial charge >= 0.3 is 0 Å². The van der Waals surface area contributed by atoms with E-state index < -0.39 is 0 Å². The van der Waals surface area contributed by atoms with Crippen molar-refractivity contribution in [1.29, 1.82) is 0 Å². The van der Waals surface area contributed by atoms with Gasteiger partial charge in [-0.3, -0.25) is 4.90 Å². The van der Waals surface area contributed by atoms with Crippen molar-refractivity contribution in [1.82, 2.24) is 4.90 Å². The van der Waals surface area contributed by atoms with Crippen LogP contribution in [0.15, 0.2) is 40.3 Å². The number of thiophene rings is 1. The molecule has 74 valence electrons. The van der Waals surface area contributed by atoms with Crippen LogP contribution in [0, 0.1) is 0 Å². The van der Waals surface area contributed by atoms with Gasteiger partial charge in [-0.15, -0.1) is 11.3 Å². The minimum Gasteiger partial charge on any atom is -0.468 e. The third kappa shape index (κ3) is 2.47. The maximum absolute atomic E-state index is 5.29. The quantitative estimate of drug-likeness (QED) is 0.766. The van der Waals surface area contributed by atoms with Crippen molar-refractivity contribution in [2.45, 2.75) is 13.1 Å². The molecule has 0 aliphatic heterocycles. The molecule has 0 aliphatic carbocycles. The second-order valence-corrected chi connectivity index (χ2v) is 4.36. The van der Waals surface area contributed by atoms with Gasteiger partial charge in [0.2, 0.25) is 0 Å². The highest BCUT2D eigenvalue weighted by Gasteiger charge is 2.03. The second kappa shape index (κ2) is 4.44. The predicted molar refractivity (Wildman–Crippen MR) is 58.2 cm³/mol. The molecular formula is C11H13NOS. The lowest BCUT2D eigenvalue weighted by Crippen LogP contribution is -2.15. The molecule has 3 heteroatoms. The second-order valence-electron chi connectivity index (χ2n) is 3.33. The summed E-state index contributed by atoms with van der Waals surface area (Å²) in [5.74, 6) is 1.02. The fourth-order valence-electron chi connectivity index (χ4n) is 1.39. The average molecular weight is 207 g/mol. The molecule has 0 bridgehead atoms. The van der Waals surface area contributed by atoms with Crippen molar-refractivity contribution in [3.63, 3.8) is 0 Å². The summed E-state index contributed by atoms with van der Waals surface area (Å²) in [7, 11) is 2.10. The standard InChI is InChI=1S/C11H13NOS/c1-12(8-10-4-2-6-13-10)9-11-5-3-7-14-11/h2-7H,8-9H2,1H3. The van der Waals surface area contributed by atoms with E-state index in [4.69, 9.17) is 4.42 Å². The van der Waals surface area contributed by atoms with Gasteiger partial charge in [0.1, 0.15) is 5.76 Å². The molecule has 0 amide bonds. The van der Waals surface area contributed by atoms with Crippen LogP contribution in [-0.2, 0) is 13.1 Å². The molecule has 2 aromatic rings. The highest BCUT2D eigenvalue weighted by Crippen LogP contribution is 2.12. The normalized spacial score (nSPS) is 11.0. The summed E-state index contributed by atoms with van der Waals surface area (Å²) in [6.07, 6.45) is 1.72. The number of furan rings is 1. The largest absolute Gasteiger partial charge is 0.468 e. The molecule has 0 radical (unpaired) electrons. The van der Waals surface area contributed by atoms with E-state index in [0.29, 0.717) is 0 Å². The Bertz CT molecular complexity index is 316. The van der Waals surface area contributed by atoms with Gasteiger partial charge in [-0.2, -0.15) is 0 Å². The summed E-state index contributed by atoms with van der Waals surface area (Å²) >= 11 is 1.79. The minimum absolute atomic E-state index is 0.866. The van der Waals surface area contributed by atoms with Crippen molar-refractivity contribution >= 4 is 11.3 Å². The van der Waals surface area contributed by atoms with Gasteiger partial charge in [-0.25, -0.2) is 0 Å². The van der Waals surface area contributed by atoms with Crippen LogP contribution in [0.5, 0.6) is 0 Å². The van der Waals surface area contributed by atoms with Gasteiger partial charge in [0.25, 0.3) is 0 Å². The van der Waals surface area contributed by atoms with E-state index in [2.05, 4.69) is 29.5 Å². The van der Waals surface area contributed by atoms with E-state index in [-0.39, 0.29) is 0 Å². The molecule has 0 saturated carbocycles. The number of hydrogen-bond donors (Lipinski definition) is 0. The van der Waals surface area contributed by atoms with E-state index >= 15 is 0 Å². The summed E-state index contributed by atoms with van der Waals surface area (Å²) in [6, 6.07) is 8.17. The Morgan fingerprint density at radius 3 is 2.86 bits per heavy atom. The summed E-state index contributed by atoms with van der Waals surface area (Å²) < 4.78 is 5.29. The first-order chi connectivity index (χ1) is 6.84. The molecule has 0 fully saturated rings. The molecule has 0 unspecified atom stereocenters. The number of hydrogen-bond acceptors (Lipinski definition) is 3. The van der Waals surface area contributed by atoms with Crippen LogP contribution in [0.25, 0.3) is 0 Å². The molecule has 2 nitrogen and oxygen atoms in total. The molecule has 14 heavy (non-hydrogen) atoms. The fraction of sp³-hybridized carbons (Fsp3) is 0.273. The van der Waals surface area contributed by atoms with E-state index in [1.165, 1.54) is 4.88 Å². The Hall–Kier alpha value is -1.06. The highest BCUT2D eigenvalue weighted by atomic mass is 32.1. The Balaban J connectivity index is 1.88. The van der Waals surface area contributed by atoms with Crippen LogP contribution in [0.2, 0.25) is 0 Å². The third-order valence-corrected chi connectivity index (χ3v) is 2.87. The summed E-state index contributed by atoms with van der Waals surface area (Å²) in [5.41, 5.74) is 0. The summed E-state index contributed by atoms with van der Waals surface area (Å²) in [4.78, 5) is 3.63. The zero-order valence-corrected chi connectivity index (χ0v) is 8.96. The van der Waals surface area contributed by atoms with Gasteiger partial charge in [0.05, 0.1) is 12.8 Å². The summed E-state index contributed by atoms with van der Waals surface area (Å²) in [5, 5.41) is 2.11. The first-order valence-corrected chi connectivity index (χ1v) is 5.46. The minimum atomic E-state index is 0.866. The lowest BCUT2D eigenvalue weighted by molar-refractivity contribution is 0.290. The molecule has 2 aromatic heterocycles. The van der Waals surface area contributed by atoms with Crippen molar-refractivity contribution < 1.29 is 4.42 Å².